The minimum atomic E-state index is -2.21. The van der Waals surface area contributed by atoms with Crippen molar-refractivity contribution in [1.82, 2.24) is 4.90 Å². The van der Waals surface area contributed by atoms with E-state index in [-0.39, 0.29) is 41.3 Å². The van der Waals surface area contributed by atoms with Gasteiger partial charge in [0.25, 0.3) is 11.8 Å². The van der Waals surface area contributed by atoms with Gasteiger partial charge in [-0.1, -0.05) is 11.6 Å². The smallest absolute Gasteiger partial charge is 0.328 e. The first-order valence-electron chi connectivity index (χ1n) is 13.2. The molecule has 3 fully saturated rings. The number of nitrogens with two attached hydrogens (primary N) is 1. The van der Waals surface area contributed by atoms with E-state index >= 15 is 0 Å². The van der Waals surface area contributed by atoms with Crippen molar-refractivity contribution in [1.29, 1.82) is 0 Å². The fourth-order valence-electron chi connectivity index (χ4n) is 7.07. The topological polar surface area (TPSA) is 157 Å². The number of primary amides is 1. The molecule has 1 saturated carbocycles. The monoisotopic (exact) mass is 631 g/mol. The van der Waals surface area contributed by atoms with E-state index in [1.165, 1.54) is 38.5 Å². The van der Waals surface area contributed by atoms with Gasteiger partial charge in [0, 0.05) is 5.92 Å². The Morgan fingerprint density at radius 1 is 1.00 bits per heavy atom. The van der Waals surface area contributed by atoms with Crippen LogP contribution in [-0.2, 0) is 19.2 Å². The number of carbonyl (C=O) groups excluding carboxylic acids is 5. The van der Waals surface area contributed by atoms with Crippen molar-refractivity contribution in [2.75, 3.05) is 19.1 Å². The lowest BCUT2D eigenvalue weighted by Gasteiger charge is -2.50. The standard InChI is InChI=1S/C29H24Cl2FN3O8/c1-42-18-9-12(10-19(43-2)22(18)36)21-15-7-8-16-20(24(38)35(23(16)37)27(33)41)17(15)11-28(30)25(39)34(26(40)29(21,28)31)14-5-3-13(32)4-6-14/h3-7,9-10,16-17,20-21,36H,8,11H2,1-2H3,(H2,33,41)/t16-,17+,20-,21-,28+,29-/m0/s1. The van der Waals surface area contributed by atoms with Crippen LogP contribution in [0.2, 0.25) is 0 Å². The number of fused-ring (bicyclic) bond motifs is 4. The van der Waals surface area contributed by atoms with Gasteiger partial charge in [0.1, 0.15) is 5.82 Å². The summed E-state index contributed by atoms with van der Waals surface area (Å²) in [7, 11) is 2.60. The van der Waals surface area contributed by atoms with Gasteiger partial charge < -0.3 is 20.3 Å². The fraction of sp³-hybridized carbons (Fsp3) is 0.345. The highest BCUT2D eigenvalue weighted by atomic mass is 35.5. The van der Waals surface area contributed by atoms with Crippen molar-refractivity contribution in [3.63, 3.8) is 0 Å². The van der Waals surface area contributed by atoms with Crippen LogP contribution in [0.4, 0.5) is 14.9 Å². The van der Waals surface area contributed by atoms with Crippen LogP contribution in [0.1, 0.15) is 24.3 Å². The number of amides is 6. The summed E-state index contributed by atoms with van der Waals surface area (Å²) in [6, 6.07) is 6.20. The first-order chi connectivity index (χ1) is 20.3. The molecule has 2 heterocycles. The summed E-state index contributed by atoms with van der Waals surface area (Å²) in [5.41, 5.74) is 6.07. The van der Waals surface area contributed by atoms with E-state index in [1.807, 2.05) is 0 Å². The molecule has 0 bridgehead atoms. The molecule has 3 N–H and O–H groups in total. The van der Waals surface area contributed by atoms with Crippen LogP contribution in [0.15, 0.2) is 48.0 Å². The third-order valence-corrected chi connectivity index (χ3v) is 10.4. The second-order valence-electron chi connectivity index (χ2n) is 10.9. The van der Waals surface area contributed by atoms with Gasteiger partial charge in [0.05, 0.1) is 31.7 Å². The summed E-state index contributed by atoms with van der Waals surface area (Å²) in [5.74, 6) is -8.66. The summed E-state index contributed by atoms with van der Waals surface area (Å²) < 4.78 is 24.4. The first-order valence-corrected chi connectivity index (χ1v) is 13.9. The normalized spacial score (nSPS) is 31.4. The van der Waals surface area contributed by atoms with Crippen LogP contribution in [0.3, 0.4) is 0 Å². The number of rotatable bonds is 4. The molecule has 224 valence electrons. The minimum absolute atomic E-state index is 0.0137. The second-order valence-corrected chi connectivity index (χ2v) is 12.1. The zero-order valence-electron chi connectivity index (χ0n) is 22.7. The molecule has 43 heavy (non-hydrogen) atoms. The molecule has 6 atom stereocenters. The molecule has 14 heteroatoms. The molecule has 0 unspecified atom stereocenters. The molecule has 2 aromatic carbocycles. The quantitative estimate of drug-likeness (QED) is 0.296. The van der Waals surface area contributed by atoms with Crippen molar-refractivity contribution >= 4 is 58.5 Å². The molecular formula is C29H24Cl2FN3O8. The Labute approximate surface area is 253 Å². The molecule has 2 aliphatic carbocycles. The molecule has 11 nitrogen and oxygen atoms in total. The third-order valence-electron chi connectivity index (χ3n) is 8.95. The Bertz CT molecular complexity index is 1640. The number of aromatic hydroxyl groups is 1. The average Bonchev–Trinajstić information content (AvgIpc) is 3.32. The number of carbonyl (C=O) groups is 5. The number of halogens is 3. The van der Waals surface area contributed by atoms with Crippen molar-refractivity contribution in [3.8, 4) is 17.2 Å². The summed E-state index contributed by atoms with van der Waals surface area (Å²) >= 11 is 14.5. The predicted octanol–water partition coefficient (Wildman–Crippen LogP) is 3.19. The highest BCUT2D eigenvalue weighted by molar-refractivity contribution is 6.58. The Morgan fingerprint density at radius 3 is 2.16 bits per heavy atom. The van der Waals surface area contributed by atoms with E-state index in [4.69, 9.17) is 38.4 Å². The lowest BCUT2D eigenvalue weighted by Crippen LogP contribution is -2.60. The summed E-state index contributed by atoms with van der Waals surface area (Å²) in [4.78, 5) is 63.9. The van der Waals surface area contributed by atoms with Crippen LogP contribution >= 0.6 is 23.2 Å². The molecule has 2 aliphatic heterocycles. The van der Waals surface area contributed by atoms with Gasteiger partial charge in [0.2, 0.25) is 17.6 Å². The van der Waals surface area contributed by atoms with Gasteiger partial charge in [0.15, 0.2) is 21.2 Å². The second kappa shape index (κ2) is 9.68. The van der Waals surface area contributed by atoms with Crippen LogP contribution < -0.4 is 20.1 Å². The number of likely N-dealkylation sites (tertiary alicyclic amines) is 1. The van der Waals surface area contributed by atoms with E-state index in [0.717, 1.165) is 17.0 Å². The Balaban J connectivity index is 1.60. The molecule has 0 aromatic heterocycles. The van der Waals surface area contributed by atoms with Gasteiger partial charge in [-0.25, -0.2) is 14.1 Å². The van der Waals surface area contributed by atoms with Crippen molar-refractivity contribution < 1.29 is 42.9 Å². The van der Waals surface area contributed by atoms with E-state index in [9.17, 15) is 33.5 Å². The van der Waals surface area contributed by atoms with Gasteiger partial charge in [-0.2, -0.15) is 4.90 Å². The lowest BCUT2D eigenvalue weighted by molar-refractivity contribution is -0.136. The van der Waals surface area contributed by atoms with Gasteiger partial charge >= 0.3 is 6.03 Å². The number of phenols is 1. The number of alkyl halides is 2. The Kier molecular flexibility index (Phi) is 6.51. The first kappa shape index (κ1) is 28.9. The van der Waals surface area contributed by atoms with Gasteiger partial charge in [-0.3, -0.25) is 19.2 Å². The number of benzene rings is 2. The number of allylic oxidation sites excluding steroid dienone is 2. The van der Waals surface area contributed by atoms with E-state index < -0.39 is 68.9 Å². The number of hydrogen-bond donors (Lipinski definition) is 2. The third kappa shape index (κ3) is 3.69. The zero-order chi connectivity index (χ0) is 31.2. The highest BCUT2D eigenvalue weighted by Crippen LogP contribution is 2.66. The molecule has 4 aliphatic rings. The van der Waals surface area contributed by atoms with E-state index in [2.05, 4.69) is 0 Å². The van der Waals surface area contributed by atoms with Gasteiger partial charge in [-0.05, 0) is 60.7 Å². The summed E-state index contributed by atoms with van der Waals surface area (Å²) in [6.07, 6.45) is 1.33. The number of nitrogens with zero attached hydrogens (tertiary/aromatic N) is 2. The van der Waals surface area contributed by atoms with Crippen molar-refractivity contribution in [3.05, 3.63) is 59.4 Å². The molecule has 0 radical (unpaired) electrons. The zero-order valence-corrected chi connectivity index (χ0v) is 24.2. The number of urea groups is 1. The molecule has 6 amide bonds. The van der Waals surface area contributed by atoms with Crippen LogP contribution in [-0.4, -0.2) is 63.6 Å². The summed E-state index contributed by atoms with van der Waals surface area (Å²) in [6.45, 7) is 0. The molecule has 2 saturated heterocycles. The van der Waals surface area contributed by atoms with Gasteiger partial charge in [-0.15, -0.1) is 23.2 Å². The SMILES string of the molecule is COc1cc([C@H]2C3=CC[C@@H]4C(=O)N(C(N)=O)C(=O)[C@@H]4[C@@H]3C[C@@]3(Cl)C(=O)N(c4ccc(F)cc4)C(=O)[C@@]23Cl)cc(OC)c1O. The average molecular weight is 632 g/mol. The number of hydrogen-bond acceptors (Lipinski definition) is 8. The molecular weight excluding hydrogens is 608 g/mol. The maximum absolute atomic E-state index is 14.3. The maximum atomic E-state index is 14.3. The minimum Gasteiger partial charge on any atom is -0.502 e. The Morgan fingerprint density at radius 2 is 1.60 bits per heavy atom. The van der Waals surface area contributed by atoms with E-state index in [1.54, 1.807) is 6.08 Å². The predicted molar refractivity (Wildman–Crippen MR) is 149 cm³/mol. The number of ether oxygens (including phenoxy) is 2. The maximum Gasteiger partial charge on any atom is 0.328 e. The lowest BCUT2D eigenvalue weighted by atomic mass is 9.56. The number of anilines is 1. The summed E-state index contributed by atoms with van der Waals surface area (Å²) in [5, 5.41) is 10.6. The molecule has 0 spiro atoms. The largest absolute Gasteiger partial charge is 0.502 e. The Hall–Kier alpha value is -4.16. The molecule has 6 rings (SSSR count). The number of phenolic OH excluding ortho intramolecular Hbond substituents is 1. The van der Waals surface area contributed by atoms with Crippen LogP contribution in [0, 0.1) is 23.6 Å². The van der Waals surface area contributed by atoms with Crippen molar-refractivity contribution in [2.24, 2.45) is 23.5 Å². The highest BCUT2D eigenvalue weighted by Gasteiger charge is 2.76. The van der Waals surface area contributed by atoms with Crippen molar-refractivity contribution in [2.45, 2.75) is 28.5 Å². The number of imide groups is 4. The fourth-order valence-corrected chi connectivity index (χ4v) is 8.01. The van der Waals surface area contributed by atoms with Crippen LogP contribution in [0.25, 0.3) is 0 Å². The number of methoxy groups -OCH3 is 2. The van der Waals surface area contributed by atoms with E-state index in [0.29, 0.717) is 10.5 Å². The van der Waals surface area contributed by atoms with Crippen LogP contribution in [0.5, 0.6) is 17.2 Å². The molecule has 2 aromatic rings.